The summed E-state index contributed by atoms with van der Waals surface area (Å²) in [5.41, 5.74) is 0.658. The van der Waals surface area contributed by atoms with E-state index in [-0.39, 0.29) is 0 Å². The van der Waals surface area contributed by atoms with Gasteiger partial charge in [0.15, 0.2) is 0 Å². The van der Waals surface area contributed by atoms with Crippen LogP contribution in [0.3, 0.4) is 0 Å². The summed E-state index contributed by atoms with van der Waals surface area (Å²) in [4.78, 5) is 10.4. The van der Waals surface area contributed by atoms with Crippen LogP contribution in [0.1, 0.15) is 30.6 Å². The van der Waals surface area contributed by atoms with E-state index in [1.807, 2.05) is 0 Å². The van der Waals surface area contributed by atoms with Crippen molar-refractivity contribution >= 4 is 6.29 Å². The van der Waals surface area contributed by atoms with Crippen molar-refractivity contribution in [3.05, 3.63) is 29.8 Å². The van der Waals surface area contributed by atoms with Gasteiger partial charge in [0.1, 0.15) is 18.6 Å². The smallest absolute Gasteiger partial charge is 0.150 e. The van der Waals surface area contributed by atoms with Crippen molar-refractivity contribution in [3.63, 3.8) is 0 Å². The van der Waals surface area contributed by atoms with Crippen LogP contribution in [0.5, 0.6) is 5.75 Å². The molecule has 0 aliphatic carbocycles. The molecule has 0 saturated carbocycles. The van der Waals surface area contributed by atoms with Crippen molar-refractivity contribution in [1.82, 2.24) is 0 Å². The Morgan fingerprint density at radius 1 is 1.12 bits per heavy atom. The van der Waals surface area contributed by atoms with E-state index in [4.69, 9.17) is 9.47 Å². The molecule has 0 spiro atoms. The van der Waals surface area contributed by atoms with Gasteiger partial charge in [-0.05, 0) is 36.6 Å². The Kier molecular flexibility index (Phi) is 6.33. The summed E-state index contributed by atoms with van der Waals surface area (Å²) in [5.74, 6) is 1.44. The molecule has 1 aromatic carbocycles. The molecular formula is C14H20O3. The number of benzene rings is 1. The number of hydrogen-bond donors (Lipinski definition) is 0. The number of carbonyl (C=O) groups excluding carboxylic acids is 1. The molecule has 3 heteroatoms. The van der Waals surface area contributed by atoms with Crippen LogP contribution in [0.25, 0.3) is 0 Å². The summed E-state index contributed by atoms with van der Waals surface area (Å²) < 4.78 is 10.9. The second-order valence-electron chi connectivity index (χ2n) is 4.33. The van der Waals surface area contributed by atoms with Gasteiger partial charge < -0.3 is 9.47 Å². The molecule has 0 unspecified atom stereocenters. The SMILES string of the molecule is CC(C)CCOCCOc1ccc(C=O)cc1. The topological polar surface area (TPSA) is 35.5 Å². The molecule has 94 valence electrons. The highest BCUT2D eigenvalue weighted by Gasteiger charge is 1.96. The maximum atomic E-state index is 10.4. The number of rotatable bonds is 8. The van der Waals surface area contributed by atoms with Gasteiger partial charge in [0.05, 0.1) is 6.61 Å². The summed E-state index contributed by atoms with van der Waals surface area (Å²) >= 11 is 0. The minimum atomic E-state index is 0.540. The van der Waals surface area contributed by atoms with Crippen LogP contribution in [0.4, 0.5) is 0 Å². The first kappa shape index (κ1) is 13.7. The Morgan fingerprint density at radius 2 is 1.82 bits per heavy atom. The normalized spacial score (nSPS) is 10.5. The summed E-state index contributed by atoms with van der Waals surface area (Å²) in [7, 11) is 0. The van der Waals surface area contributed by atoms with Crippen molar-refractivity contribution in [2.45, 2.75) is 20.3 Å². The summed E-state index contributed by atoms with van der Waals surface area (Å²) in [6.45, 7) is 6.27. The van der Waals surface area contributed by atoms with E-state index in [1.165, 1.54) is 0 Å². The molecule has 0 bridgehead atoms. The largest absolute Gasteiger partial charge is 0.491 e. The fraction of sp³-hybridized carbons (Fsp3) is 0.500. The predicted molar refractivity (Wildman–Crippen MR) is 67.6 cm³/mol. The van der Waals surface area contributed by atoms with Gasteiger partial charge in [0, 0.05) is 12.2 Å². The average Bonchev–Trinajstić information content (AvgIpc) is 2.34. The van der Waals surface area contributed by atoms with Crippen LogP contribution in [0.15, 0.2) is 24.3 Å². The minimum absolute atomic E-state index is 0.540. The summed E-state index contributed by atoms with van der Waals surface area (Å²) in [6.07, 6.45) is 1.90. The van der Waals surface area contributed by atoms with Gasteiger partial charge in [0.2, 0.25) is 0 Å². The Balaban J connectivity index is 2.11. The zero-order valence-corrected chi connectivity index (χ0v) is 10.5. The molecule has 0 radical (unpaired) electrons. The van der Waals surface area contributed by atoms with Crippen LogP contribution in [0, 0.1) is 5.92 Å². The number of aldehydes is 1. The lowest BCUT2D eigenvalue weighted by molar-refractivity contribution is 0.0925. The fourth-order valence-electron chi connectivity index (χ4n) is 1.28. The van der Waals surface area contributed by atoms with E-state index in [2.05, 4.69) is 13.8 Å². The van der Waals surface area contributed by atoms with Gasteiger partial charge in [-0.2, -0.15) is 0 Å². The van der Waals surface area contributed by atoms with Crippen molar-refractivity contribution in [2.75, 3.05) is 19.8 Å². The molecule has 0 aliphatic heterocycles. The minimum Gasteiger partial charge on any atom is -0.491 e. The third-order valence-electron chi connectivity index (χ3n) is 2.35. The Labute approximate surface area is 103 Å². The van der Waals surface area contributed by atoms with E-state index in [9.17, 15) is 4.79 Å². The Morgan fingerprint density at radius 3 is 2.41 bits per heavy atom. The second kappa shape index (κ2) is 7.85. The zero-order chi connectivity index (χ0) is 12.5. The highest BCUT2D eigenvalue weighted by Crippen LogP contribution is 2.10. The summed E-state index contributed by atoms with van der Waals surface area (Å²) in [6, 6.07) is 7.06. The van der Waals surface area contributed by atoms with Crippen LogP contribution >= 0.6 is 0 Å². The molecule has 1 aromatic rings. The molecule has 0 fully saturated rings. The van der Waals surface area contributed by atoms with Crippen molar-refractivity contribution in [2.24, 2.45) is 5.92 Å². The number of carbonyl (C=O) groups is 1. The number of ether oxygens (including phenoxy) is 2. The van der Waals surface area contributed by atoms with Crippen LogP contribution in [0.2, 0.25) is 0 Å². The van der Waals surface area contributed by atoms with E-state index in [0.717, 1.165) is 25.1 Å². The molecule has 0 aliphatic rings. The molecule has 0 aromatic heterocycles. The van der Waals surface area contributed by atoms with E-state index >= 15 is 0 Å². The second-order valence-corrected chi connectivity index (χ2v) is 4.33. The highest BCUT2D eigenvalue weighted by atomic mass is 16.5. The van der Waals surface area contributed by atoms with E-state index < -0.39 is 0 Å². The monoisotopic (exact) mass is 236 g/mol. The number of hydrogen-bond acceptors (Lipinski definition) is 3. The molecule has 0 saturated heterocycles. The van der Waals surface area contributed by atoms with Gasteiger partial charge in [-0.15, -0.1) is 0 Å². The van der Waals surface area contributed by atoms with Gasteiger partial charge in [0.25, 0.3) is 0 Å². The van der Waals surface area contributed by atoms with Gasteiger partial charge in [-0.3, -0.25) is 4.79 Å². The molecule has 0 atom stereocenters. The summed E-state index contributed by atoms with van der Waals surface area (Å²) in [5, 5.41) is 0. The Bertz CT molecular complexity index is 317. The maximum absolute atomic E-state index is 10.4. The van der Waals surface area contributed by atoms with Crippen LogP contribution < -0.4 is 4.74 Å². The molecule has 3 nitrogen and oxygen atoms in total. The first-order chi connectivity index (χ1) is 8.22. The average molecular weight is 236 g/mol. The third kappa shape index (κ3) is 6.07. The lowest BCUT2D eigenvalue weighted by Crippen LogP contribution is -2.08. The van der Waals surface area contributed by atoms with Crippen LogP contribution in [-0.2, 0) is 4.74 Å². The molecular weight excluding hydrogens is 216 g/mol. The predicted octanol–water partition coefficient (Wildman–Crippen LogP) is 2.94. The maximum Gasteiger partial charge on any atom is 0.150 e. The molecule has 17 heavy (non-hydrogen) atoms. The Hall–Kier alpha value is -1.35. The van der Waals surface area contributed by atoms with Crippen molar-refractivity contribution in [1.29, 1.82) is 0 Å². The third-order valence-corrected chi connectivity index (χ3v) is 2.35. The quantitative estimate of drug-likeness (QED) is 0.514. The first-order valence-electron chi connectivity index (χ1n) is 5.98. The van der Waals surface area contributed by atoms with Gasteiger partial charge >= 0.3 is 0 Å². The fourth-order valence-corrected chi connectivity index (χ4v) is 1.28. The highest BCUT2D eigenvalue weighted by molar-refractivity contribution is 5.74. The standard InChI is InChI=1S/C14H20O3/c1-12(2)7-8-16-9-10-17-14-5-3-13(11-15)4-6-14/h3-6,11-12H,7-10H2,1-2H3. The molecule has 0 heterocycles. The lowest BCUT2D eigenvalue weighted by atomic mass is 10.1. The molecule has 0 amide bonds. The van der Waals surface area contributed by atoms with Gasteiger partial charge in [-0.1, -0.05) is 13.8 Å². The van der Waals surface area contributed by atoms with Gasteiger partial charge in [-0.25, -0.2) is 0 Å². The van der Waals surface area contributed by atoms with Crippen LogP contribution in [-0.4, -0.2) is 26.1 Å². The molecule has 0 N–H and O–H groups in total. The lowest BCUT2D eigenvalue weighted by Gasteiger charge is -2.08. The molecule has 1 rings (SSSR count). The first-order valence-corrected chi connectivity index (χ1v) is 5.98. The van der Waals surface area contributed by atoms with E-state index in [0.29, 0.717) is 24.7 Å². The van der Waals surface area contributed by atoms with Crippen molar-refractivity contribution in [3.8, 4) is 5.75 Å². The van der Waals surface area contributed by atoms with E-state index in [1.54, 1.807) is 24.3 Å². The van der Waals surface area contributed by atoms with Crippen molar-refractivity contribution < 1.29 is 14.3 Å². The zero-order valence-electron chi connectivity index (χ0n) is 10.5.